The number of hydrogen-bond acceptors (Lipinski definition) is 4. The van der Waals surface area contributed by atoms with Gasteiger partial charge in [0.25, 0.3) is 0 Å². The molecule has 4 aliphatic heterocycles. The Morgan fingerprint density at radius 3 is 0.553 bits per heavy atom. The van der Waals surface area contributed by atoms with Crippen LogP contribution in [0.15, 0.2) is 0 Å². The summed E-state index contributed by atoms with van der Waals surface area (Å²) in [6.07, 6.45) is 14.1. The van der Waals surface area contributed by atoms with Gasteiger partial charge in [0.2, 0.25) is 0 Å². The molecule has 0 N–H and O–H groups in total. The van der Waals surface area contributed by atoms with Gasteiger partial charge in [0, 0.05) is 22.2 Å². The number of nitrogens with zero attached hydrogens (tertiary/aromatic N) is 4. The first-order valence-electron chi connectivity index (χ1n) is 16.4. The molecule has 0 aromatic rings. The summed E-state index contributed by atoms with van der Waals surface area (Å²) in [6.45, 7) is 38.0. The number of piperidine rings is 1. The van der Waals surface area contributed by atoms with Gasteiger partial charge in [0.1, 0.15) is 0 Å². The second kappa shape index (κ2) is 16.3. The van der Waals surface area contributed by atoms with Gasteiger partial charge in [-0.2, -0.15) is 0 Å². The first-order chi connectivity index (χ1) is 17.4. The molecule has 4 fully saturated rings. The Labute approximate surface area is 241 Å². The minimum atomic E-state index is 0.393. The lowest BCUT2D eigenvalue weighted by molar-refractivity contribution is 0.0690. The van der Waals surface area contributed by atoms with Crippen LogP contribution in [0.4, 0.5) is 0 Å². The zero-order chi connectivity index (χ0) is 29.0. The second-order valence-electron chi connectivity index (χ2n) is 16.2. The Bertz CT molecular complexity index is 578. The first kappa shape index (κ1) is 35.9. The molecule has 4 saturated heterocycles. The molecule has 0 aliphatic carbocycles. The van der Waals surface area contributed by atoms with Crippen molar-refractivity contribution in [2.45, 2.75) is 169 Å². The maximum absolute atomic E-state index is 2.61. The van der Waals surface area contributed by atoms with Crippen LogP contribution in [0.25, 0.3) is 0 Å². The smallest absolute Gasteiger partial charge is 0.0125 e. The molecule has 4 aliphatic rings. The van der Waals surface area contributed by atoms with Crippen LogP contribution in [-0.4, -0.2) is 94.1 Å². The highest BCUT2D eigenvalue weighted by Gasteiger charge is 2.26. The van der Waals surface area contributed by atoms with Crippen LogP contribution in [0.5, 0.6) is 0 Å². The zero-order valence-corrected chi connectivity index (χ0v) is 28.5. The van der Waals surface area contributed by atoms with Crippen molar-refractivity contribution in [3.8, 4) is 0 Å². The van der Waals surface area contributed by atoms with Gasteiger partial charge in [-0.05, 0) is 180 Å². The van der Waals surface area contributed by atoms with Crippen LogP contribution in [-0.2, 0) is 0 Å². The molecule has 38 heavy (non-hydrogen) atoms. The molecule has 4 heterocycles. The molecule has 0 atom stereocenters. The van der Waals surface area contributed by atoms with Gasteiger partial charge in [-0.25, -0.2) is 0 Å². The van der Waals surface area contributed by atoms with E-state index in [0.29, 0.717) is 22.2 Å². The maximum Gasteiger partial charge on any atom is 0.0125 e. The molecule has 4 nitrogen and oxygen atoms in total. The fourth-order valence-electron chi connectivity index (χ4n) is 5.68. The normalized spacial score (nSPS) is 23.1. The minimum absolute atomic E-state index is 0.393. The van der Waals surface area contributed by atoms with Crippen LogP contribution in [0, 0.1) is 0 Å². The van der Waals surface area contributed by atoms with Crippen molar-refractivity contribution in [1.29, 1.82) is 0 Å². The van der Waals surface area contributed by atoms with Crippen molar-refractivity contribution in [2.75, 3.05) is 52.4 Å². The summed E-state index contributed by atoms with van der Waals surface area (Å²) in [4.78, 5) is 10.2. The van der Waals surface area contributed by atoms with Crippen molar-refractivity contribution in [2.24, 2.45) is 0 Å². The molecule has 228 valence electrons. The Kier molecular flexibility index (Phi) is 15.4. The van der Waals surface area contributed by atoms with E-state index in [4.69, 9.17) is 0 Å². The topological polar surface area (TPSA) is 13.0 Å². The van der Waals surface area contributed by atoms with Crippen molar-refractivity contribution >= 4 is 0 Å². The maximum atomic E-state index is 2.61. The van der Waals surface area contributed by atoms with Gasteiger partial charge in [-0.3, -0.25) is 19.6 Å². The quantitative estimate of drug-likeness (QED) is 0.309. The summed E-state index contributed by atoms with van der Waals surface area (Å²) in [5.74, 6) is 0. The van der Waals surface area contributed by atoms with E-state index in [9.17, 15) is 0 Å². The highest BCUT2D eigenvalue weighted by atomic mass is 15.2. The number of hydrogen-bond donors (Lipinski definition) is 0. The standard InChI is InChI=1S/C10H21N.C9H19N.C8H17N.C7H15N/c1-10(2,3)11-8-6-4-5-7-9-11;1-9(2,3)10-7-5-4-6-8-10;1-8(2,3)9-6-4-5-7-9;1-7(2,3)8-5-4-6-8/h4-9H2,1-3H3;4-8H2,1-3H3;4-7H2,1-3H3;4-6H2,1-3H3. The Morgan fingerprint density at radius 1 is 0.237 bits per heavy atom. The van der Waals surface area contributed by atoms with Crippen LogP contribution < -0.4 is 0 Å². The third-order valence-electron chi connectivity index (χ3n) is 8.72. The van der Waals surface area contributed by atoms with Crippen molar-refractivity contribution in [3.63, 3.8) is 0 Å². The summed E-state index contributed by atoms with van der Waals surface area (Å²) in [5.41, 5.74) is 1.64. The van der Waals surface area contributed by atoms with E-state index in [1.54, 1.807) is 0 Å². The van der Waals surface area contributed by atoms with Crippen LogP contribution in [0.3, 0.4) is 0 Å². The summed E-state index contributed by atoms with van der Waals surface area (Å²) in [6, 6.07) is 0. The molecule has 0 aromatic heterocycles. The molecule has 0 unspecified atom stereocenters. The number of likely N-dealkylation sites (tertiary alicyclic amines) is 4. The summed E-state index contributed by atoms with van der Waals surface area (Å²) in [7, 11) is 0. The lowest BCUT2D eigenvalue weighted by Gasteiger charge is -2.42. The van der Waals surface area contributed by atoms with E-state index < -0.39 is 0 Å². The van der Waals surface area contributed by atoms with E-state index in [1.807, 2.05) is 0 Å². The molecule has 0 spiro atoms. The highest BCUT2D eigenvalue weighted by Crippen LogP contribution is 2.21. The SMILES string of the molecule is CC(C)(C)N1CCC1.CC(C)(C)N1CCCC1.CC(C)(C)N1CCCCC1.CC(C)(C)N1CCCCCC1. The molecule has 4 heteroatoms. The Balaban J connectivity index is 0.000000255. The van der Waals surface area contributed by atoms with E-state index >= 15 is 0 Å². The van der Waals surface area contributed by atoms with Gasteiger partial charge in [0.05, 0.1) is 0 Å². The molecule has 0 aromatic carbocycles. The molecule has 4 rings (SSSR count). The predicted octanol–water partition coefficient (Wildman–Crippen LogP) is 8.30. The van der Waals surface area contributed by atoms with Crippen LogP contribution in [0.2, 0.25) is 0 Å². The van der Waals surface area contributed by atoms with Gasteiger partial charge in [0.15, 0.2) is 0 Å². The van der Waals surface area contributed by atoms with E-state index in [1.165, 1.54) is 117 Å². The Morgan fingerprint density at radius 2 is 0.395 bits per heavy atom. The van der Waals surface area contributed by atoms with Crippen LogP contribution >= 0.6 is 0 Å². The van der Waals surface area contributed by atoms with E-state index in [2.05, 4.69) is 103 Å². The fourth-order valence-corrected chi connectivity index (χ4v) is 5.68. The van der Waals surface area contributed by atoms with Gasteiger partial charge in [-0.1, -0.05) is 19.3 Å². The third kappa shape index (κ3) is 15.0. The lowest BCUT2D eigenvalue weighted by atomic mass is 10.0. The summed E-state index contributed by atoms with van der Waals surface area (Å²) < 4.78 is 0. The van der Waals surface area contributed by atoms with Gasteiger partial charge in [-0.15, -0.1) is 0 Å². The Hall–Kier alpha value is -0.160. The predicted molar refractivity (Wildman–Crippen MR) is 171 cm³/mol. The first-order valence-corrected chi connectivity index (χ1v) is 16.4. The average Bonchev–Trinajstić information content (AvgIpc) is 3.15. The van der Waals surface area contributed by atoms with E-state index in [-0.39, 0.29) is 0 Å². The summed E-state index contributed by atoms with van der Waals surface area (Å²) in [5, 5.41) is 0. The van der Waals surface area contributed by atoms with E-state index in [0.717, 1.165) is 0 Å². The minimum Gasteiger partial charge on any atom is -0.298 e. The fraction of sp³-hybridized carbons (Fsp3) is 1.00. The molecule has 0 radical (unpaired) electrons. The second-order valence-corrected chi connectivity index (χ2v) is 16.2. The molecular formula is C34H72N4. The monoisotopic (exact) mass is 537 g/mol. The van der Waals surface area contributed by atoms with Crippen molar-refractivity contribution in [3.05, 3.63) is 0 Å². The largest absolute Gasteiger partial charge is 0.298 e. The summed E-state index contributed by atoms with van der Waals surface area (Å²) >= 11 is 0. The number of rotatable bonds is 0. The molecule has 0 saturated carbocycles. The van der Waals surface area contributed by atoms with Gasteiger partial charge < -0.3 is 0 Å². The molecule has 0 amide bonds. The highest BCUT2D eigenvalue weighted by molar-refractivity contribution is 4.82. The van der Waals surface area contributed by atoms with Crippen LogP contribution in [0.1, 0.15) is 147 Å². The molecular weight excluding hydrogens is 464 g/mol. The zero-order valence-electron chi connectivity index (χ0n) is 28.5. The van der Waals surface area contributed by atoms with Crippen molar-refractivity contribution in [1.82, 2.24) is 19.6 Å². The van der Waals surface area contributed by atoms with Gasteiger partial charge >= 0.3 is 0 Å². The lowest BCUT2D eigenvalue weighted by Crippen LogP contribution is -2.49. The molecule has 0 bridgehead atoms. The average molecular weight is 537 g/mol. The van der Waals surface area contributed by atoms with Crippen molar-refractivity contribution < 1.29 is 0 Å². The third-order valence-corrected chi connectivity index (χ3v) is 8.72.